The molecule has 1 atom stereocenters. The number of aliphatic hydroxyl groups excluding tert-OH is 1. The van der Waals surface area contributed by atoms with Crippen molar-refractivity contribution >= 4 is 5.91 Å². The van der Waals surface area contributed by atoms with Crippen LogP contribution in [0.4, 0.5) is 0 Å². The monoisotopic (exact) mass is 580 g/mol. The fourth-order valence-corrected chi connectivity index (χ4v) is 5.67. The number of nitrogens with one attached hydrogen (secondary N) is 1. The molecule has 0 aromatic carbocycles. The molecule has 1 unspecified atom stereocenters. The average molecular weight is 580 g/mol. The maximum atomic E-state index is 12.1. The number of carbonyl (C=O) groups is 1. The van der Waals surface area contributed by atoms with Crippen LogP contribution in [-0.2, 0) is 4.79 Å². The fraction of sp³-hybridized carbons (Fsp3) is 0.921. The Morgan fingerprint density at radius 1 is 0.463 bits per heavy atom. The Morgan fingerprint density at radius 3 is 1.00 bits per heavy atom. The van der Waals surface area contributed by atoms with E-state index in [0.717, 1.165) is 19.3 Å². The van der Waals surface area contributed by atoms with E-state index in [9.17, 15) is 9.90 Å². The summed E-state index contributed by atoms with van der Waals surface area (Å²) in [4.78, 5) is 12.1. The molecule has 0 saturated carbocycles. The zero-order chi connectivity index (χ0) is 30.5. The highest BCUT2D eigenvalue weighted by atomic mass is 16.3. The van der Waals surface area contributed by atoms with Crippen molar-refractivity contribution in [1.82, 2.24) is 5.32 Å². The Morgan fingerprint density at radius 2 is 0.707 bits per heavy atom. The fourth-order valence-electron chi connectivity index (χ4n) is 5.67. The molecule has 0 rings (SSSR count). The summed E-state index contributed by atoms with van der Waals surface area (Å²) < 4.78 is 0. The summed E-state index contributed by atoms with van der Waals surface area (Å²) in [5.41, 5.74) is 0. The van der Waals surface area contributed by atoms with Gasteiger partial charge >= 0.3 is 0 Å². The van der Waals surface area contributed by atoms with Gasteiger partial charge in [0, 0.05) is 6.54 Å². The molecule has 0 saturated heterocycles. The van der Waals surface area contributed by atoms with E-state index in [1.54, 1.807) is 0 Å². The van der Waals surface area contributed by atoms with E-state index in [4.69, 9.17) is 0 Å². The number of rotatable bonds is 33. The minimum absolute atomic E-state index is 0.161. The molecule has 0 aliphatic carbocycles. The Kier molecular flexibility index (Phi) is 40.4. The van der Waals surface area contributed by atoms with E-state index >= 15 is 0 Å². The topological polar surface area (TPSA) is 49.3 Å². The molecule has 0 heterocycles. The van der Waals surface area contributed by atoms with Crippen molar-refractivity contribution in [2.45, 2.75) is 219 Å². The standard InChI is InChI=1S/C36H73NO2.C2H4/c1-3-5-7-9-11-13-15-17-19-20-22-24-26-28-30-32-34-37-36(39)35(38)33-31-29-27-25-23-21-18-16-14-12-10-8-6-4-2;1-2/h35,38H,3-34H2,1-2H3,(H,37,39);1-2H2. The summed E-state index contributed by atoms with van der Waals surface area (Å²) in [6.45, 7) is 11.3. The van der Waals surface area contributed by atoms with Crippen LogP contribution in [-0.4, -0.2) is 23.7 Å². The number of aliphatic hydroxyl groups is 1. The van der Waals surface area contributed by atoms with Crippen molar-refractivity contribution in [1.29, 1.82) is 0 Å². The van der Waals surface area contributed by atoms with E-state index in [1.165, 1.54) is 173 Å². The summed E-state index contributed by atoms with van der Waals surface area (Å²) in [5, 5.41) is 13.1. The van der Waals surface area contributed by atoms with Crippen LogP contribution in [0.3, 0.4) is 0 Å². The molecule has 0 fully saturated rings. The molecule has 3 heteroatoms. The Balaban J connectivity index is 0. The molecule has 0 aliphatic rings. The van der Waals surface area contributed by atoms with Gasteiger partial charge in [-0.2, -0.15) is 0 Å². The number of hydrogen-bond acceptors (Lipinski definition) is 2. The van der Waals surface area contributed by atoms with Gasteiger partial charge in [-0.15, -0.1) is 13.2 Å². The zero-order valence-electron chi connectivity index (χ0n) is 28.5. The largest absolute Gasteiger partial charge is 0.383 e. The van der Waals surface area contributed by atoms with Crippen LogP contribution < -0.4 is 5.32 Å². The second-order valence-electron chi connectivity index (χ2n) is 12.5. The first-order valence-corrected chi connectivity index (χ1v) is 18.7. The van der Waals surface area contributed by atoms with Gasteiger partial charge in [-0.3, -0.25) is 4.79 Å². The lowest BCUT2D eigenvalue weighted by atomic mass is 10.0. The highest BCUT2D eigenvalue weighted by Crippen LogP contribution is 2.15. The van der Waals surface area contributed by atoms with Crippen LogP contribution in [0.15, 0.2) is 13.2 Å². The van der Waals surface area contributed by atoms with Gasteiger partial charge in [0.05, 0.1) is 0 Å². The molecule has 0 radical (unpaired) electrons. The Bertz CT molecular complexity index is 481. The van der Waals surface area contributed by atoms with Gasteiger partial charge in [0.15, 0.2) is 0 Å². The van der Waals surface area contributed by atoms with Crippen molar-refractivity contribution in [3.05, 3.63) is 13.2 Å². The molecular formula is C38H77NO2. The maximum Gasteiger partial charge on any atom is 0.248 e. The molecule has 0 aromatic heterocycles. The lowest BCUT2D eigenvalue weighted by molar-refractivity contribution is -0.129. The van der Waals surface area contributed by atoms with Crippen molar-refractivity contribution < 1.29 is 9.90 Å². The van der Waals surface area contributed by atoms with Gasteiger partial charge in [-0.05, 0) is 12.8 Å². The summed E-state index contributed by atoms with van der Waals surface area (Å²) in [7, 11) is 0. The third-order valence-corrected chi connectivity index (χ3v) is 8.46. The van der Waals surface area contributed by atoms with Crippen LogP contribution in [0.1, 0.15) is 213 Å². The second kappa shape index (κ2) is 39.2. The molecule has 0 bridgehead atoms. The van der Waals surface area contributed by atoms with E-state index in [2.05, 4.69) is 32.3 Å². The zero-order valence-corrected chi connectivity index (χ0v) is 28.5. The molecule has 1 amide bonds. The SMILES string of the molecule is C=C.CCCCCCCCCCCCCCCCCCNC(=O)C(O)CCCCCCCCCCCCCCCC. The molecule has 0 aliphatic heterocycles. The van der Waals surface area contributed by atoms with Crippen LogP contribution in [0, 0.1) is 0 Å². The molecule has 2 N–H and O–H groups in total. The van der Waals surface area contributed by atoms with Crippen LogP contribution in [0.25, 0.3) is 0 Å². The highest BCUT2D eigenvalue weighted by Gasteiger charge is 2.13. The average Bonchev–Trinajstić information content (AvgIpc) is 2.99. The third-order valence-electron chi connectivity index (χ3n) is 8.46. The van der Waals surface area contributed by atoms with Crippen molar-refractivity contribution in [3.63, 3.8) is 0 Å². The second-order valence-corrected chi connectivity index (χ2v) is 12.5. The van der Waals surface area contributed by atoms with Crippen molar-refractivity contribution in [2.75, 3.05) is 6.54 Å². The number of unbranched alkanes of at least 4 members (excludes halogenated alkanes) is 28. The predicted molar refractivity (Wildman–Crippen MR) is 185 cm³/mol. The van der Waals surface area contributed by atoms with Gasteiger partial charge in [0.25, 0.3) is 0 Å². The number of carbonyl (C=O) groups excluding carboxylic acids is 1. The van der Waals surface area contributed by atoms with Crippen LogP contribution >= 0.6 is 0 Å². The first-order valence-electron chi connectivity index (χ1n) is 18.7. The summed E-state index contributed by atoms with van der Waals surface area (Å²) in [6, 6.07) is 0. The first kappa shape index (κ1) is 42.3. The van der Waals surface area contributed by atoms with Crippen LogP contribution in [0.2, 0.25) is 0 Å². The predicted octanol–water partition coefficient (Wildman–Crippen LogP) is 12.4. The highest BCUT2D eigenvalue weighted by molar-refractivity contribution is 5.80. The van der Waals surface area contributed by atoms with Gasteiger partial charge in [0.1, 0.15) is 6.10 Å². The summed E-state index contributed by atoms with van der Waals surface area (Å²) in [6.07, 6.45) is 40.2. The minimum Gasteiger partial charge on any atom is -0.383 e. The van der Waals surface area contributed by atoms with Crippen LogP contribution in [0.5, 0.6) is 0 Å². The normalized spacial score (nSPS) is 11.7. The van der Waals surface area contributed by atoms with E-state index in [-0.39, 0.29) is 5.91 Å². The lowest BCUT2D eigenvalue weighted by Gasteiger charge is -2.11. The van der Waals surface area contributed by atoms with Crippen molar-refractivity contribution in [2.24, 2.45) is 0 Å². The summed E-state index contributed by atoms with van der Waals surface area (Å²) >= 11 is 0. The smallest absolute Gasteiger partial charge is 0.248 e. The van der Waals surface area contributed by atoms with E-state index < -0.39 is 6.10 Å². The van der Waals surface area contributed by atoms with Gasteiger partial charge in [0.2, 0.25) is 5.91 Å². The lowest BCUT2D eigenvalue weighted by Crippen LogP contribution is -2.35. The quantitative estimate of drug-likeness (QED) is 0.0600. The van der Waals surface area contributed by atoms with Gasteiger partial charge in [-0.1, -0.05) is 200 Å². The van der Waals surface area contributed by atoms with E-state index in [0.29, 0.717) is 13.0 Å². The maximum absolute atomic E-state index is 12.1. The Hall–Kier alpha value is -0.830. The molecule has 3 nitrogen and oxygen atoms in total. The number of amides is 1. The molecular weight excluding hydrogens is 502 g/mol. The van der Waals surface area contributed by atoms with Crippen molar-refractivity contribution in [3.8, 4) is 0 Å². The van der Waals surface area contributed by atoms with E-state index in [1.807, 2.05) is 0 Å². The Labute approximate surface area is 259 Å². The first-order chi connectivity index (χ1) is 20.2. The molecule has 246 valence electrons. The third kappa shape index (κ3) is 37.1. The minimum atomic E-state index is -0.816. The molecule has 0 aromatic rings. The molecule has 0 spiro atoms. The van der Waals surface area contributed by atoms with Gasteiger partial charge < -0.3 is 10.4 Å². The number of hydrogen-bond donors (Lipinski definition) is 2. The van der Waals surface area contributed by atoms with Gasteiger partial charge in [-0.25, -0.2) is 0 Å². The molecule has 41 heavy (non-hydrogen) atoms. The summed E-state index contributed by atoms with van der Waals surface area (Å²) in [5.74, 6) is -0.161.